The van der Waals surface area contributed by atoms with E-state index in [9.17, 15) is 30.6 Å². The van der Waals surface area contributed by atoms with Crippen molar-refractivity contribution in [3.63, 3.8) is 0 Å². The number of hydrogen-bond acceptors (Lipinski definition) is 10. The predicted octanol–water partition coefficient (Wildman–Crippen LogP) is -4.76. The average Bonchev–Trinajstić information content (AvgIpc) is 2.75. The van der Waals surface area contributed by atoms with Gasteiger partial charge < -0.3 is 50.0 Å². The molecule has 0 saturated carbocycles. The molecule has 10 nitrogen and oxygen atoms in total. The molecule has 0 spiro atoms. The lowest BCUT2D eigenvalue weighted by molar-refractivity contribution is -0.297. The van der Waals surface area contributed by atoms with E-state index in [-0.39, 0.29) is 6.61 Å². The maximum absolute atomic E-state index is 9.70. The minimum atomic E-state index is -1.69. The van der Waals surface area contributed by atoms with Crippen molar-refractivity contribution >= 4 is 0 Å². The van der Waals surface area contributed by atoms with Crippen LogP contribution in [0, 0.1) is 0 Å². The second kappa shape index (κ2) is 6.79. The molecule has 0 radical (unpaired) electrons. The number of aliphatic hydroxyl groups is 7. The molecule has 1 unspecified atom stereocenters. The Balaban J connectivity index is 1.88. The molecular formula is C11H20O10. The monoisotopic (exact) mass is 312 g/mol. The fraction of sp³-hybridized carbons (Fsp3) is 1.00. The van der Waals surface area contributed by atoms with Crippen molar-refractivity contribution in [1.82, 2.24) is 0 Å². The normalized spacial score (nSPS) is 51.3. The molecule has 10 heteroatoms. The van der Waals surface area contributed by atoms with Crippen LogP contribution in [0.4, 0.5) is 0 Å². The van der Waals surface area contributed by atoms with Gasteiger partial charge in [0, 0.05) is 0 Å². The van der Waals surface area contributed by atoms with Crippen molar-refractivity contribution < 1.29 is 50.0 Å². The number of aliphatic hydroxyl groups excluding tert-OH is 7. The summed E-state index contributed by atoms with van der Waals surface area (Å²) in [5.74, 6) is 0. The van der Waals surface area contributed by atoms with Crippen molar-refractivity contribution in [1.29, 1.82) is 0 Å². The van der Waals surface area contributed by atoms with E-state index in [0.29, 0.717) is 0 Å². The fourth-order valence-electron chi connectivity index (χ4n) is 2.26. The maximum atomic E-state index is 9.70. The first-order chi connectivity index (χ1) is 9.86. The fourth-order valence-corrected chi connectivity index (χ4v) is 2.26. The molecule has 9 atom stereocenters. The maximum Gasteiger partial charge on any atom is 0.186 e. The molecule has 2 aliphatic rings. The Morgan fingerprint density at radius 3 is 1.90 bits per heavy atom. The van der Waals surface area contributed by atoms with Crippen molar-refractivity contribution in [3.05, 3.63) is 0 Å². The number of rotatable bonds is 4. The van der Waals surface area contributed by atoms with Gasteiger partial charge in [-0.05, 0) is 0 Å². The Hall–Kier alpha value is -0.400. The second-order valence-corrected chi connectivity index (χ2v) is 5.08. The molecule has 2 aliphatic heterocycles. The highest BCUT2D eigenvalue weighted by Gasteiger charge is 2.46. The van der Waals surface area contributed by atoms with Crippen molar-refractivity contribution in [2.24, 2.45) is 0 Å². The van der Waals surface area contributed by atoms with Crippen LogP contribution < -0.4 is 0 Å². The summed E-state index contributed by atoms with van der Waals surface area (Å²) in [6.45, 7) is -0.890. The molecule has 0 aromatic rings. The molecule has 0 aromatic heterocycles. The van der Waals surface area contributed by atoms with Crippen molar-refractivity contribution in [2.45, 2.75) is 55.3 Å². The van der Waals surface area contributed by atoms with Crippen LogP contribution in [0.15, 0.2) is 0 Å². The van der Waals surface area contributed by atoms with E-state index in [2.05, 4.69) is 0 Å². The highest BCUT2D eigenvalue weighted by atomic mass is 16.7. The van der Waals surface area contributed by atoms with Crippen LogP contribution in [0.2, 0.25) is 0 Å². The predicted molar refractivity (Wildman–Crippen MR) is 62.6 cm³/mol. The highest BCUT2D eigenvalue weighted by molar-refractivity contribution is 4.90. The minimum Gasteiger partial charge on any atom is -0.394 e. The summed E-state index contributed by atoms with van der Waals surface area (Å²) in [5, 5.41) is 66.0. The van der Waals surface area contributed by atoms with E-state index >= 15 is 0 Å². The molecule has 0 aromatic carbocycles. The summed E-state index contributed by atoms with van der Waals surface area (Å²) in [6.07, 6.45) is -12.6. The lowest BCUT2D eigenvalue weighted by Crippen LogP contribution is -2.58. The Kier molecular flexibility index (Phi) is 5.48. The van der Waals surface area contributed by atoms with E-state index in [0.717, 1.165) is 0 Å². The summed E-state index contributed by atoms with van der Waals surface area (Å²) in [6, 6.07) is 0. The van der Waals surface area contributed by atoms with E-state index in [1.807, 2.05) is 0 Å². The van der Waals surface area contributed by atoms with Crippen molar-refractivity contribution in [3.8, 4) is 0 Å². The Labute approximate surface area is 119 Å². The first-order valence-electron chi connectivity index (χ1n) is 6.48. The van der Waals surface area contributed by atoms with Gasteiger partial charge in [-0.25, -0.2) is 0 Å². The van der Waals surface area contributed by atoms with Gasteiger partial charge in [0.25, 0.3) is 0 Å². The van der Waals surface area contributed by atoms with E-state index < -0.39 is 61.9 Å². The number of ether oxygens (including phenoxy) is 3. The van der Waals surface area contributed by atoms with Gasteiger partial charge in [0.05, 0.1) is 13.2 Å². The van der Waals surface area contributed by atoms with Crippen LogP contribution in [-0.2, 0) is 14.2 Å². The topological polar surface area (TPSA) is 169 Å². The smallest absolute Gasteiger partial charge is 0.186 e. The minimum absolute atomic E-state index is 0.380. The Morgan fingerprint density at radius 2 is 1.33 bits per heavy atom. The van der Waals surface area contributed by atoms with Gasteiger partial charge in [-0.3, -0.25) is 0 Å². The third-order valence-corrected chi connectivity index (χ3v) is 3.61. The lowest BCUT2D eigenvalue weighted by atomic mass is 9.99. The third-order valence-electron chi connectivity index (χ3n) is 3.61. The summed E-state index contributed by atoms with van der Waals surface area (Å²) in [4.78, 5) is 0. The molecule has 0 bridgehead atoms. The van der Waals surface area contributed by atoms with E-state index in [1.54, 1.807) is 0 Å². The first-order valence-corrected chi connectivity index (χ1v) is 6.48. The quantitative estimate of drug-likeness (QED) is 0.267. The molecule has 124 valence electrons. The van der Waals surface area contributed by atoms with Gasteiger partial charge in [0.1, 0.15) is 42.7 Å². The molecule has 2 heterocycles. The third kappa shape index (κ3) is 3.35. The van der Waals surface area contributed by atoms with Crippen molar-refractivity contribution in [2.75, 3.05) is 13.2 Å². The second-order valence-electron chi connectivity index (χ2n) is 5.08. The molecule has 7 N–H and O–H groups in total. The van der Waals surface area contributed by atoms with Gasteiger partial charge >= 0.3 is 0 Å². The van der Waals surface area contributed by atoms with Crippen LogP contribution in [0.1, 0.15) is 0 Å². The zero-order chi connectivity index (χ0) is 15.7. The lowest BCUT2D eigenvalue weighted by Gasteiger charge is -2.38. The summed E-state index contributed by atoms with van der Waals surface area (Å²) in [7, 11) is 0. The zero-order valence-corrected chi connectivity index (χ0v) is 11.0. The largest absolute Gasteiger partial charge is 0.394 e. The van der Waals surface area contributed by atoms with Crippen LogP contribution in [0.3, 0.4) is 0 Å². The summed E-state index contributed by atoms with van der Waals surface area (Å²) >= 11 is 0. The Bertz CT molecular complexity index is 341. The standard InChI is InChI=1S/C11H20O10/c12-1-3-5(13)9(17)11(21-3)19-2-4-6(14)7(15)8(16)10(18)20-4/h3-18H,1-2H2/t3-,4+,5-,6-,7-,8+,9+,10?,11+/m0/s1. The molecule has 2 fully saturated rings. The molecule has 2 saturated heterocycles. The van der Waals surface area contributed by atoms with Gasteiger partial charge in [-0.1, -0.05) is 0 Å². The molecular weight excluding hydrogens is 292 g/mol. The van der Waals surface area contributed by atoms with Crippen LogP contribution >= 0.6 is 0 Å². The highest BCUT2D eigenvalue weighted by Crippen LogP contribution is 2.24. The van der Waals surface area contributed by atoms with E-state index in [1.165, 1.54) is 0 Å². The van der Waals surface area contributed by atoms with Crippen LogP contribution in [0.25, 0.3) is 0 Å². The number of hydrogen-bond donors (Lipinski definition) is 7. The molecule has 0 amide bonds. The van der Waals surface area contributed by atoms with Gasteiger partial charge in [-0.15, -0.1) is 0 Å². The Morgan fingerprint density at radius 1 is 0.714 bits per heavy atom. The van der Waals surface area contributed by atoms with Crippen LogP contribution in [-0.4, -0.2) is 104 Å². The zero-order valence-electron chi connectivity index (χ0n) is 11.0. The first kappa shape index (κ1) is 17.0. The molecule has 21 heavy (non-hydrogen) atoms. The van der Waals surface area contributed by atoms with Gasteiger partial charge in [0.2, 0.25) is 0 Å². The molecule has 2 rings (SSSR count). The van der Waals surface area contributed by atoms with Gasteiger partial charge in [-0.2, -0.15) is 0 Å². The van der Waals surface area contributed by atoms with E-state index in [4.69, 9.17) is 19.3 Å². The summed E-state index contributed by atoms with van der Waals surface area (Å²) in [5.41, 5.74) is 0. The summed E-state index contributed by atoms with van der Waals surface area (Å²) < 4.78 is 15.1. The van der Waals surface area contributed by atoms with Gasteiger partial charge in [0.15, 0.2) is 12.6 Å². The molecule has 0 aliphatic carbocycles. The van der Waals surface area contributed by atoms with Crippen LogP contribution in [0.5, 0.6) is 0 Å². The SMILES string of the molecule is OC[C@@H]1O[C@@H](OC[C@H]2OC(O)[C@H](O)[C@@H](O)[C@H]2O)[C@H](O)[C@H]1O. The average molecular weight is 312 g/mol.